The first-order chi connectivity index (χ1) is 10.3. The Bertz CT molecular complexity index is 645. The molecule has 0 spiro atoms. The van der Waals surface area contributed by atoms with Gasteiger partial charge in [0.25, 0.3) is 0 Å². The van der Waals surface area contributed by atoms with Crippen molar-refractivity contribution in [2.24, 2.45) is 0 Å². The van der Waals surface area contributed by atoms with Crippen LogP contribution in [0.2, 0.25) is 0 Å². The van der Waals surface area contributed by atoms with Crippen LogP contribution in [0.25, 0.3) is 11.1 Å². The van der Waals surface area contributed by atoms with Gasteiger partial charge in [0, 0.05) is 44.0 Å². The normalized spacial score (nSPS) is 22.2. The molecule has 2 bridgehead atoms. The highest BCUT2D eigenvalue weighted by Gasteiger charge is 2.32. The predicted molar refractivity (Wildman–Crippen MR) is 101 cm³/mol. The molecule has 23 heavy (non-hydrogen) atoms. The fourth-order valence-corrected chi connectivity index (χ4v) is 3.53. The van der Waals surface area contributed by atoms with E-state index < -0.39 is 0 Å². The number of hydrogen-bond acceptors (Lipinski definition) is 3. The number of benzene rings is 1. The number of halogens is 2. The molecule has 2 aliphatic rings. The van der Waals surface area contributed by atoms with E-state index in [-0.39, 0.29) is 24.8 Å². The number of nitrogens with zero attached hydrogens (tertiary/aromatic N) is 3. The van der Waals surface area contributed by atoms with Crippen molar-refractivity contribution >= 4 is 30.5 Å². The smallest absolute Gasteiger partial charge is 0.0562 e. The van der Waals surface area contributed by atoms with E-state index in [1.165, 1.54) is 48.4 Å². The lowest BCUT2D eigenvalue weighted by Gasteiger charge is -2.36. The van der Waals surface area contributed by atoms with Gasteiger partial charge in [-0.05, 0) is 25.0 Å². The van der Waals surface area contributed by atoms with Crippen LogP contribution in [0.1, 0.15) is 12.0 Å². The van der Waals surface area contributed by atoms with Crippen molar-refractivity contribution in [3.63, 3.8) is 0 Å². The van der Waals surface area contributed by atoms with Crippen molar-refractivity contribution < 1.29 is 0 Å². The lowest BCUT2D eigenvalue weighted by atomic mass is 10.0. The average molecular weight is 352 g/mol. The summed E-state index contributed by atoms with van der Waals surface area (Å²) in [6.45, 7) is 6.91. The number of rotatable bonds is 2. The first-order valence-electron chi connectivity index (χ1n) is 7.81. The van der Waals surface area contributed by atoms with Crippen molar-refractivity contribution in [1.29, 1.82) is 0 Å². The maximum Gasteiger partial charge on any atom is 0.0562 e. The van der Waals surface area contributed by atoms with Crippen molar-refractivity contribution in [2.45, 2.75) is 19.4 Å². The Morgan fingerprint density at radius 3 is 2.52 bits per heavy atom. The molecule has 0 aliphatic carbocycles. The molecule has 0 saturated carbocycles. The van der Waals surface area contributed by atoms with Gasteiger partial charge in [-0.1, -0.05) is 29.8 Å². The Hall–Kier alpha value is -1.29. The molecule has 3 nitrogen and oxygen atoms in total. The molecule has 3 heterocycles. The van der Waals surface area contributed by atoms with Crippen LogP contribution in [0.15, 0.2) is 42.7 Å². The molecule has 2 atom stereocenters. The van der Waals surface area contributed by atoms with Crippen LogP contribution in [0.5, 0.6) is 0 Å². The van der Waals surface area contributed by atoms with Gasteiger partial charge >= 0.3 is 0 Å². The summed E-state index contributed by atoms with van der Waals surface area (Å²) in [4.78, 5) is 9.60. The zero-order valence-corrected chi connectivity index (χ0v) is 14.9. The van der Waals surface area contributed by atoms with Crippen LogP contribution in [0.4, 0.5) is 5.69 Å². The van der Waals surface area contributed by atoms with E-state index in [2.05, 4.69) is 52.0 Å². The molecule has 2 saturated heterocycles. The monoisotopic (exact) mass is 351 g/mol. The highest BCUT2D eigenvalue weighted by Crippen LogP contribution is 2.29. The quantitative estimate of drug-likeness (QED) is 0.820. The summed E-state index contributed by atoms with van der Waals surface area (Å²) in [7, 11) is 0. The number of fused-ring (bicyclic) bond motifs is 2. The third-order valence-corrected chi connectivity index (χ3v) is 4.79. The van der Waals surface area contributed by atoms with E-state index >= 15 is 0 Å². The Morgan fingerprint density at radius 2 is 1.74 bits per heavy atom. The second kappa shape index (κ2) is 7.52. The summed E-state index contributed by atoms with van der Waals surface area (Å²) in [6, 6.07) is 11.7. The summed E-state index contributed by atoms with van der Waals surface area (Å²) in [6.07, 6.45) is 5.28. The SMILES string of the molecule is Cc1ccc(-c2cncc(N3CCN4CCC3C4)c2)cc1.Cl.Cl. The average Bonchev–Trinajstić information content (AvgIpc) is 2.89. The van der Waals surface area contributed by atoms with Crippen LogP contribution in [-0.4, -0.2) is 42.1 Å². The summed E-state index contributed by atoms with van der Waals surface area (Å²) >= 11 is 0. The van der Waals surface area contributed by atoms with E-state index in [9.17, 15) is 0 Å². The minimum absolute atomic E-state index is 0. The van der Waals surface area contributed by atoms with E-state index in [4.69, 9.17) is 0 Å². The second-order valence-corrected chi connectivity index (χ2v) is 6.23. The standard InChI is InChI=1S/C18H21N3.2ClH/c1-14-2-4-15(5-3-14)16-10-18(12-19-11-16)21-9-8-20-7-6-17(21)13-20;;/h2-5,10-12,17H,6-9,13H2,1H3;2*1H. The third kappa shape index (κ3) is 3.63. The van der Waals surface area contributed by atoms with Gasteiger partial charge < -0.3 is 4.90 Å². The molecule has 2 aliphatic heterocycles. The highest BCUT2D eigenvalue weighted by atomic mass is 35.5. The molecule has 0 radical (unpaired) electrons. The Morgan fingerprint density at radius 1 is 0.957 bits per heavy atom. The lowest BCUT2D eigenvalue weighted by molar-refractivity contribution is 0.310. The van der Waals surface area contributed by atoms with Crippen LogP contribution >= 0.6 is 24.8 Å². The largest absolute Gasteiger partial charge is 0.365 e. The maximum atomic E-state index is 4.49. The molecule has 4 rings (SSSR count). The molecule has 2 fully saturated rings. The molecule has 2 aromatic rings. The highest BCUT2D eigenvalue weighted by molar-refractivity contribution is 5.85. The number of aryl methyl sites for hydroxylation is 1. The number of pyridine rings is 1. The van der Waals surface area contributed by atoms with Crippen LogP contribution in [-0.2, 0) is 0 Å². The van der Waals surface area contributed by atoms with Gasteiger partial charge in [0.15, 0.2) is 0 Å². The Balaban J connectivity index is 0.000000960. The number of hydrogen-bond donors (Lipinski definition) is 0. The topological polar surface area (TPSA) is 19.4 Å². The molecule has 124 valence electrons. The molecule has 0 amide bonds. The van der Waals surface area contributed by atoms with Crippen LogP contribution < -0.4 is 4.90 Å². The molecule has 1 aromatic heterocycles. The molecular formula is C18H23Cl2N3. The minimum atomic E-state index is 0. The van der Waals surface area contributed by atoms with Gasteiger partial charge in [-0.3, -0.25) is 9.88 Å². The molecule has 2 unspecified atom stereocenters. The van der Waals surface area contributed by atoms with Gasteiger partial charge in [0.2, 0.25) is 0 Å². The number of anilines is 1. The molecule has 0 N–H and O–H groups in total. The van der Waals surface area contributed by atoms with Crippen molar-refractivity contribution in [2.75, 3.05) is 31.1 Å². The number of piperazine rings is 1. The molecule has 5 heteroatoms. The lowest BCUT2D eigenvalue weighted by Crippen LogP contribution is -2.46. The zero-order chi connectivity index (χ0) is 14.2. The maximum absolute atomic E-state index is 4.49. The van der Waals surface area contributed by atoms with Crippen molar-refractivity contribution in [1.82, 2.24) is 9.88 Å². The Labute approximate surface area is 150 Å². The van der Waals surface area contributed by atoms with Gasteiger partial charge in [0.1, 0.15) is 0 Å². The second-order valence-electron chi connectivity index (χ2n) is 6.23. The first kappa shape index (κ1) is 18.1. The van der Waals surface area contributed by atoms with Crippen LogP contribution in [0, 0.1) is 6.92 Å². The van der Waals surface area contributed by atoms with Gasteiger partial charge in [-0.2, -0.15) is 0 Å². The summed E-state index contributed by atoms with van der Waals surface area (Å²) < 4.78 is 0. The summed E-state index contributed by atoms with van der Waals surface area (Å²) in [5.74, 6) is 0. The fraction of sp³-hybridized carbons (Fsp3) is 0.389. The molecular weight excluding hydrogens is 329 g/mol. The summed E-state index contributed by atoms with van der Waals surface area (Å²) in [5, 5.41) is 0. The van der Waals surface area contributed by atoms with E-state index in [1.807, 2.05) is 12.4 Å². The van der Waals surface area contributed by atoms with Gasteiger partial charge in [-0.15, -0.1) is 24.8 Å². The van der Waals surface area contributed by atoms with Crippen molar-refractivity contribution in [3.05, 3.63) is 48.3 Å². The van der Waals surface area contributed by atoms with Gasteiger partial charge in [0.05, 0.1) is 11.9 Å². The zero-order valence-electron chi connectivity index (χ0n) is 13.3. The number of aromatic nitrogens is 1. The van der Waals surface area contributed by atoms with Gasteiger partial charge in [-0.25, -0.2) is 0 Å². The van der Waals surface area contributed by atoms with Crippen molar-refractivity contribution in [3.8, 4) is 11.1 Å². The predicted octanol–water partition coefficient (Wildman–Crippen LogP) is 3.79. The molecule has 1 aromatic carbocycles. The fourth-order valence-electron chi connectivity index (χ4n) is 3.53. The summed E-state index contributed by atoms with van der Waals surface area (Å²) in [5.41, 5.74) is 5.04. The first-order valence-corrected chi connectivity index (χ1v) is 7.81. The third-order valence-electron chi connectivity index (χ3n) is 4.79. The van der Waals surface area contributed by atoms with E-state index in [0.29, 0.717) is 6.04 Å². The van der Waals surface area contributed by atoms with E-state index in [1.54, 1.807) is 0 Å². The Kier molecular flexibility index (Phi) is 5.90. The van der Waals surface area contributed by atoms with E-state index in [0.717, 1.165) is 6.54 Å². The van der Waals surface area contributed by atoms with Crippen LogP contribution in [0.3, 0.4) is 0 Å². The minimum Gasteiger partial charge on any atom is -0.365 e.